The molecule has 192 valence electrons. The first-order valence-corrected chi connectivity index (χ1v) is 11.3. The van der Waals surface area contributed by atoms with E-state index in [0.717, 1.165) is 4.90 Å². The topological polar surface area (TPSA) is 153 Å². The Kier molecular flexibility index (Phi) is 7.18. The smallest absolute Gasteiger partial charge is 0.413 e. The summed E-state index contributed by atoms with van der Waals surface area (Å²) in [7, 11) is 0. The van der Waals surface area contributed by atoms with Crippen LogP contribution in [0.15, 0.2) is 36.7 Å². The minimum absolute atomic E-state index is 0.000248. The number of ether oxygens (including phenoxy) is 1. The van der Waals surface area contributed by atoms with Crippen molar-refractivity contribution in [1.29, 1.82) is 0 Å². The number of anilines is 1. The number of aromatic nitrogens is 3. The van der Waals surface area contributed by atoms with Crippen LogP contribution in [-0.4, -0.2) is 55.4 Å². The van der Waals surface area contributed by atoms with E-state index in [-0.39, 0.29) is 30.5 Å². The van der Waals surface area contributed by atoms with Crippen LogP contribution in [0.1, 0.15) is 47.1 Å². The summed E-state index contributed by atoms with van der Waals surface area (Å²) in [5.74, 6) is 0.378. The summed E-state index contributed by atoms with van der Waals surface area (Å²) in [5, 5.41) is 24.3. The fraction of sp³-hybridized carbons (Fsp3) is 0.417. The van der Waals surface area contributed by atoms with E-state index in [4.69, 9.17) is 4.74 Å². The summed E-state index contributed by atoms with van der Waals surface area (Å²) in [6.07, 6.45) is 1.34. The molecule has 0 aliphatic rings. The Balaban J connectivity index is 1.99. The van der Waals surface area contributed by atoms with Gasteiger partial charge in [0.1, 0.15) is 11.4 Å². The molecule has 0 atom stereocenters. The van der Waals surface area contributed by atoms with E-state index in [2.05, 4.69) is 15.3 Å². The van der Waals surface area contributed by atoms with Crippen LogP contribution in [0.4, 0.5) is 21.1 Å². The van der Waals surface area contributed by atoms with Gasteiger partial charge in [-0.15, -0.1) is 0 Å². The molecule has 36 heavy (non-hydrogen) atoms. The molecule has 3 aromatic rings. The van der Waals surface area contributed by atoms with Crippen molar-refractivity contribution in [3.63, 3.8) is 0 Å². The first kappa shape index (κ1) is 26.4. The van der Waals surface area contributed by atoms with E-state index in [0.29, 0.717) is 16.5 Å². The molecule has 0 fully saturated rings. The second-order valence-electron chi connectivity index (χ2n) is 10.2. The van der Waals surface area contributed by atoms with Crippen molar-refractivity contribution in [1.82, 2.24) is 19.9 Å². The highest BCUT2D eigenvalue weighted by atomic mass is 16.6. The van der Waals surface area contributed by atoms with Gasteiger partial charge in [-0.3, -0.25) is 19.6 Å². The number of non-ortho nitro benzene ring substituents is 1. The van der Waals surface area contributed by atoms with Crippen molar-refractivity contribution < 1.29 is 24.4 Å². The lowest BCUT2D eigenvalue weighted by Crippen LogP contribution is -2.41. The van der Waals surface area contributed by atoms with Gasteiger partial charge in [0, 0.05) is 48.6 Å². The van der Waals surface area contributed by atoms with Gasteiger partial charge in [-0.05, 0) is 38.3 Å². The molecule has 0 aliphatic carbocycles. The molecule has 12 nitrogen and oxygen atoms in total. The summed E-state index contributed by atoms with van der Waals surface area (Å²) in [6, 6.07) is 6.12. The molecule has 0 spiro atoms. The highest BCUT2D eigenvalue weighted by molar-refractivity contribution is 5.87. The van der Waals surface area contributed by atoms with E-state index < -0.39 is 28.1 Å². The van der Waals surface area contributed by atoms with Gasteiger partial charge in [0.15, 0.2) is 0 Å². The molecule has 1 aromatic carbocycles. The molecule has 2 N–H and O–H groups in total. The largest absolute Gasteiger partial charge is 0.465 e. The van der Waals surface area contributed by atoms with Crippen LogP contribution in [0.3, 0.4) is 0 Å². The molecule has 0 saturated heterocycles. The number of carbonyl (C=O) groups is 2. The lowest BCUT2D eigenvalue weighted by Gasteiger charge is -2.27. The predicted molar refractivity (Wildman–Crippen MR) is 134 cm³/mol. The lowest BCUT2D eigenvalue weighted by molar-refractivity contribution is -0.384. The zero-order valence-corrected chi connectivity index (χ0v) is 21.1. The van der Waals surface area contributed by atoms with E-state index in [1.165, 1.54) is 12.1 Å². The Morgan fingerprint density at radius 3 is 2.47 bits per heavy atom. The maximum Gasteiger partial charge on any atom is 0.413 e. The number of rotatable bonds is 6. The molecule has 12 heteroatoms. The number of benzene rings is 1. The van der Waals surface area contributed by atoms with Crippen molar-refractivity contribution in [2.75, 3.05) is 18.0 Å². The molecule has 0 unspecified atom stereocenters. The molecule has 0 radical (unpaired) electrons. The molecule has 2 aromatic heterocycles. The SMILES string of the molecule is CC(C)(C)OC(=O)NCCN(C(=O)O)c1nc(-n2ccc3cc([N+](=O)[O-])ccc32)ncc1C(C)(C)C. The third-order valence-electron chi connectivity index (χ3n) is 5.15. The minimum atomic E-state index is -1.25. The Bertz CT molecular complexity index is 1300. The van der Waals surface area contributed by atoms with Crippen LogP contribution in [0.5, 0.6) is 0 Å². The van der Waals surface area contributed by atoms with E-state index in [1.54, 1.807) is 49.9 Å². The zero-order valence-electron chi connectivity index (χ0n) is 21.1. The molecule has 2 heterocycles. The number of nitro groups is 1. The number of carbonyl (C=O) groups excluding carboxylic acids is 1. The van der Waals surface area contributed by atoms with E-state index in [1.807, 2.05) is 20.8 Å². The number of hydrogen-bond donors (Lipinski definition) is 2. The van der Waals surface area contributed by atoms with Gasteiger partial charge in [0.2, 0.25) is 5.95 Å². The number of nitro benzene ring substituents is 1. The van der Waals surface area contributed by atoms with Gasteiger partial charge in [-0.1, -0.05) is 20.8 Å². The number of carboxylic acid groups (broad SMARTS) is 1. The summed E-state index contributed by atoms with van der Waals surface area (Å²) >= 11 is 0. The first-order valence-electron chi connectivity index (χ1n) is 11.3. The molecular weight excluding hydrogens is 468 g/mol. The quantitative estimate of drug-likeness (QED) is 0.368. The monoisotopic (exact) mass is 498 g/mol. The molecule has 2 amide bonds. The minimum Gasteiger partial charge on any atom is -0.465 e. The molecule has 0 saturated carbocycles. The normalized spacial score (nSPS) is 11.8. The number of nitrogens with zero attached hydrogens (tertiary/aromatic N) is 5. The maximum absolute atomic E-state index is 12.2. The summed E-state index contributed by atoms with van der Waals surface area (Å²) in [6.45, 7) is 10.9. The van der Waals surface area contributed by atoms with Crippen molar-refractivity contribution in [2.45, 2.75) is 52.6 Å². The Hall–Kier alpha value is -4.22. The van der Waals surface area contributed by atoms with E-state index in [9.17, 15) is 24.8 Å². The van der Waals surface area contributed by atoms with E-state index >= 15 is 0 Å². The molecule has 3 rings (SSSR count). The fourth-order valence-electron chi connectivity index (χ4n) is 3.51. The third kappa shape index (κ3) is 6.06. The maximum atomic E-state index is 12.2. The standard InChI is InChI=1S/C24H30N6O6/c1-23(2,3)17-14-26-20(28-11-9-15-13-16(30(34)35)7-8-18(15)28)27-19(17)29(22(32)33)12-10-25-21(31)36-24(4,5)6/h7-9,11,13-14H,10,12H2,1-6H3,(H,25,31)(H,32,33). The average Bonchev–Trinajstić information content (AvgIpc) is 3.17. The van der Waals surface area contributed by atoms with Crippen molar-refractivity contribution in [2.24, 2.45) is 0 Å². The summed E-state index contributed by atoms with van der Waals surface area (Å²) in [4.78, 5) is 45.0. The fourth-order valence-corrected chi connectivity index (χ4v) is 3.51. The number of nitrogens with one attached hydrogen (secondary N) is 1. The predicted octanol–water partition coefficient (Wildman–Crippen LogP) is 4.64. The second-order valence-corrected chi connectivity index (χ2v) is 10.2. The Morgan fingerprint density at radius 2 is 1.89 bits per heavy atom. The second kappa shape index (κ2) is 9.80. The van der Waals surface area contributed by atoms with Crippen molar-refractivity contribution >= 4 is 34.6 Å². The lowest BCUT2D eigenvalue weighted by atomic mass is 9.88. The third-order valence-corrected chi connectivity index (χ3v) is 5.15. The van der Waals surface area contributed by atoms with Crippen LogP contribution in [0.25, 0.3) is 16.9 Å². The molecular formula is C24H30N6O6. The van der Waals surface area contributed by atoms with Crippen LogP contribution in [0.2, 0.25) is 0 Å². The van der Waals surface area contributed by atoms with Gasteiger partial charge in [-0.25, -0.2) is 14.6 Å². The van der Waals surface area contributed by atoms with Crippen LogP contribution in [-0.2, 0) is 10.2 Å². The van der Waals surface area contributed by atoms with Crippen LogP contribution < -0.4 is 10.2 Å². The van der Waals surface area contributed by atoms with Gasteiger partial charge >= 0.3 is 12.2 Å². The summed E-state index contributed by atoms with van der Waals surface area (Å²) < 4.78 is 6.84. The number of amides is 2. The van der Waals surface area contributed by atoms with Gasteiger partial charge in [0.05, 0.1) is 10.4 Å². The molecule has 0 aliphatic heterocycles. The van der Waals surface area contributed by atoms with Crippen LogP contribution in [0, 0.1) is 10.1 Å². The van der Waals surface area contributed by atoms with Gasteiger partial charge in [0.25, 0.3) is 5.69 Å². The number of fused-ring (bicyclic) bond motifs is 1. The number of hydrogen-bond acceptors (Lipinski definition) is 7. The first-order chi connectivity index (χ1) is 16.7. The average molecular weight is 499 g/mol. The zero-order chi connectivity index (χ0) is 26.8. The Labute approximate surface area is 208 Å². The molecule has 0 bridgehead atoms. The highest BCUT2D eigenvalue weighted by Gasteiger charge is 2.28. The number of alkyl carbamates (subject to hydrolysis) is 1. The van der Waals surface area contributed by atoms with Crippen molar-refractivity contribution in [3.05, 3.63) is 52.3 Å². The van der Waals surface area contributed by atoms with Gasteiger partial charge in [-0.2, -0.15) is 4.98 Å². The van der Waals surface area contributed by atoms with Crippen molar-refractivity contribution in [3.8, 4) is 5.95 Å². The van der Waals surface area contributed by atoms with Crippen LogP contribution >= 0.6 is 0 Å². The summed E-state index contributed by atoms with van der Waals surface area (Å²) in [5.41, 5.74) is 0.0119. The highest BCUT2D eigenvalue weighted by Crippen LogP contribution is 2.32. The van der Waals surface area contributed by atoms with Gasteiger partial charge < -0.3 is 15.2 Å². The Morgan fingerprint density at radius 1 is 1.19 bits per heavy atom.